The van der Waals surface area contributed by atoms with E-state index >= 15 is 0 Å². The summed E-state index contributed by atoms with van der Waals surface area (Å²) < 4.78 is 5.16. The van der Waals surface area contributed by atoms with Crippen LogP contribution >= 0.6 is 11.3 Å². The molecule has 0 aliphatic heterocycles. The van der Waals surface area contributed by atoms with E-state index in [1.165, 1.54) is 16.1 Å². The van der Waals surface area contributed by atoms with Crippen LogP contribution < -0.4 is 5.32 Å². The van der Waals surface area contributed by atoms with Crippen LogP contribution in [0.3, 0.4) is 0 Å². The topological polar surface area (TPSA) is 103 Å². The van der Waals surface area contributed by atoms with Crippen LogP contribution in [0.1, 0.15) is 51.5 Å². The summed E-state index contributed by atoms with van der Waals surface area (Å²) in [5.74, 6) is -1.09. The van der Waals surface area contributed by atoms with Gasteiger partial charge in [-0.05, 0) is 31.2 Å². The number of esters is 1. The van der Waals surface area contributed by atoms with Gasteiger partial charge >= 0.3 is 5.97 Å². The second-order valence-corrected chi connectivity index (χ2v) is 9.13. The maximum absolute atomic E-state index is 12.4. The highest BCUT2D eigenvalue weighted by molar-refractivity contribution is 7.14. The second kappa shape index (κ2) is 9.22. The monoisotopic (exact) mass is 440 g/mol. The number of carbonyl (C=O) groups is 3. The molecule has 9 heteroatoms. The minimum absolute atomic E-state index is 0.0633. The molecule has 0 radical (unpaired) electrons. The lowest BCUT2D eigenvalue weighted by Gasteiger charge is -2.17. The zero-order valence-electron chi connectivity index (χ0n) is 17.8. The summed E-state index contributed by atoms with van der Waals surface area (Å²) in [6, 6.07) is 12.6. The Morgan fingerprint density at radius 1 is 1.06 bits per heavy atom. The van der Waals surface area contributed by atoms with E-state index in [9.17, 15) is 14.4 Å². The molecule has 1 aromatic carbocycles. The molecule has 0 spiro atoms. The molecule has 2 aromatic heterocycles. The molecule has 3 rings (SSSR count). The van der Waals surface area contributed by atoms with Crippen LogP contribution in [0.5, 0.6) is 0 Å². The summed E-state index contributed by atoms with van der Waals surface area (Å²) in [5.41, 5.74) is 0.707. The van der Waals surface area contributed by atoms with E-state index in [0.29, 0.717) is 22.8 Å². The Morgan fingerprint density at radius 2 is 1.77 bits per heavy atom. The molecular formula is C22H24N4O4S. The van der Waals surface area contributed by atoms with Crippen molar-refractivity contribution in [3.63, 3.8) is 0 Å². The number of aryl methyl sites for hydroxylation is 1. The van der Waals surface area contributed by atoms with Gasteiger partial charge in [0.25, 0.3) is 0 Å². The Labute approximate surface area is 184 Å². The van der Waals surface area contributed by atoms with Gasteiger partial charge in [-0.25, -0.2) is 4.79 Å². The Hall–Kier alpha value is -3.33. The SMILES string of the molecule is Cc1nn(-c2ccccc2)nc1C(=O)OCC(=O)c1ccc(CNC(=O)C(C)(C)C)s1. The molecular weight excluding hydrogens is 416 g/mol. The van der Waals surface area contributed by atoms with Crippen molar-refractivity contribution < 1.29 is 19.1 Å². The summed E-state index contributed by atoms with van der Waals surface area (Å²) >= 11 is 1.26. The molecule has 0 saturated carbocycles. The highest BCUT2D eigenvalue weighted by atomic mass is 32.1. The van der Waals surface area contributed by atoms with Crippen LogP contribution in [-0.4, -0.2) is 39.3 Å². The number of nitrogens with one attached hydrogen (secondary N) is 1. The third kappa shape index (κ3) is 5.64. The van der Waals surface area contributed by atoms with Crippen LogP contribution in [0.4, 0.5) is 0 Å². The van der Waals surface area contributed by atoms with E-state index in [2.05, 4.69) is 15.5 Å². The smallest absolute Gasteiger partial charge is 0.361 e. The molecule has 1 N–H and O–H groups in total. The highest BCUT2D eigenvalue weighted by Gasteiger charge is 2.22. The van der Waals surface area contributed by atoms with E-state index in [1.807, 2.05) is 51.1 Å². The fraction of sp³-hybridized carbons (Fsp3) is 0.318. The number of benzene rings is 1. The third-order valence-corrected chi connectivity index (χ3v) is 5.46. The molecule has 1 amide bonds. The van der Waals surface area contributed by atoms with Crippen LogP contribution in [-0.2, 0) is 16.1 Å². The fourth-order valence-corrected chi connectivity index (χ4v) is 3.44. The Morgan fingerprint density at radius 3 is 2.45 bits per heavy atom. The van der Waals surface area contributed by atoms with Crippen molar-refractivity contribution in [1.82, 2.24) is 20.3 Å². The minimum atomic E-state index is -0.706. The van der Waals surface area contributed by atoms with Gasteiger partial charge in [-0.15, -0.1) is 16.4 Å². The van der Waals surface area contributed by atoms with E-state index in [4.69, 9.17) is 4.74 Å². The number of thiophene rings is 1. The number of ketones is 1. The predicted octanol–water partition coefficient (Wildman–Crippen LogP) is 3.34. The fourth-order valence-electron chi connectivity index (χ4n) is 2.57. The maximum Gasteiger partial charge on any atom is 0.361 e. The summed E-state index contributed by atoms with van der Waals surface area (Å²) in [6.07, 6.45) is 0. The van der Waals surface area contributed by atoms with E-state index in [1.54, 1.807) is 19.1 Å². The minimum Gasteiger partial charge on any atom is -0.452 e. The van der Waals surface area contributed by atoms with Gasteiger partial charge in [0.2, 0.25) is 11.7 Å². The van der Waals surface area contributed by atoms with Gasteiger partial charge in [0.15, 0.2) is 12.3 Å². The molecule has 0 saturated heterocycles. The number of amides is 1. The number of carbonyl (C=O) groups excluding carboxylic acids is 3. The molecule has 0 bridgehead atoms. The number of hydrogen-bond donors (Lipinski definition) is 1. The molecule has 3 aromatic rings. The lowest BCUT2D eigenvalue weighted by molar-refractivity contribution is -0.128. The summed E-state index contributed by atoms with van der Waals surface area (Å²) in [4.78, 5) is 39.4. The Balaban J connectivity index is 1.57. The molecule has 0 aliphatic rings. The normalized spacial score (nSPS) is 11.2. The number of rotatable bonds is 7. The second-order valence-electron chi connectivity index (χ2n) is 7.96. The summed E-state index contributed by atoms with van der Waals surface area (Å²) in [7, 11) is 0. The van der Waals surface area contributed by atoms with Gasteiger partial charge in [-0.3, -0.25) is 9.59 Å². The molecule has 0 aliphatic carbocycles. The van der Waals surface area contributed by atoms with Crippen LogP contribution in [0.25, 0.3) is 5.69 Å². The van der Waals surface area contributed by atoms with Gasteiger partial charge in [0.05, 0.1) is 22.8 Å². The highest BCUT2D eigenvalue weighted by Crippen LogP contribution is 2.19. The first kappa shape index (κ1) is 22.4. The van der Waals surface area contributed by atoms with Crippen molar-refractivity contribution in [3.05, 3.63) is 63.6 Å². The molecule has 31 heavy (non-hydrogen) atoms. The van der Waals surface area contributed by atoms with Crippen molar-refractivity contribution in [2.24, 2.45) is 5.41 Å². The van der Waals surface area contributed by atoms with Crippen molar-refractivity contribution in [2.75, 3.05) is 6.61 Å². The van der Waals surface area contributed by atoms with Crippen molar-refractivity contribution >= 4 is 29.0 Å². The number of Topliss-reactive ketones (excluding diaryl/α,β-unsaturated/α-hetero) is 1. The number of aromatic nitrogens is 3. The molecule has 8 nitrogen and oxygen atoms in total. The largest absolute Gasteiger partial charge is 0.452 e. The molecule has 2 heterocycles. The van der Waals surface area contributed by atoms with Crippen LogP contribution in [0.2, 0.25) is 0 Å². The van der Waals surface area contributed by atoms with E-state index < -0.39 is 18.0 Å². The van der Waals surface area contributed by atoms with Crippen molar-refractivity contribution in [2.45, 2.75) is 34.2 Å². The Bertz CT molecular complexity index is 1100. The maximum atomic E-state index is 12.4. The zero-order valence-corrected chi connectivity index (χ0v) is 18.7. The standard InChI is InChI=1S/C22H24N4O4S/c1-14-19(25-26(24-14)15-8-6-5-7-9-15)20(28)30-13-17(27)18-11-10-16(31-18)12-23-21(29)22(2,3)4/h5-11H,12-13H2,1-4H3,(H,23,29). The predicted molar refractivity (Wildman–Crippen MR) is 116 cm³/mol. The van der Waals surface area contributed by atoms with E-state index in [-0.39, 0.29) is 17.4 Å². The lowest BCUT2D eigenvalue weighted by Crippen LogP contribution is -2.34. The summed E-state index contributed by atoms with van der Waals surface area (Å²) in [6.45, 7) is 7.10. The first-order chi connectivity index (χ1) is 14.6. The van der Waals surface area contributed by atoms with Crippen LogP contribution in [0.15, 0.2) is 42.5 Å². The van der Waals surface area contributed by atoms with Gasteiger partial charge in [0.1, 0.15) is 0 Å². The van der Waals surface area contributed by atoms with Crippen molar-refractivity contribution in [3.8, 4) is 5.69 Å². The molecule has 0 unspecified atom stereocenters. The molecule has 0 atom stereocenters. The number of para-hydroxylation sites is 1. The van der Waals surface area contributed by atoms with Gasteiger partial charge in [-0.2, -0.15) is 9.90 Å². The zero-order chi connectivity index (χ0) is 22.6. The molecule has 0 fully saturated rings. The van der Waals surface area contributed by atoms with Crippen molar-refractivity contribution in [1.29, 1.82) is 0 Å². The van der Waals surface area contributed by atoms with Gasteiger partial charge in [0, 0.05) is 10.3 Å². The summed E-state index contributed by atoms with van der Waals surface area (Å²) in [5, 5.41) is 11.2. The average molecular weight is 441 g/mol. The first-order valence-corrected chi connectivity index (χ1v) is 10.5. The quantitative estimate of drug-likeness (QED) is 0.446. The van der Waals surface area contributed by atoms with Gasteiger partial charge < -0.3 is 10.1 Å². The lowest BCUT2D eigenvalue weighted by atomic mass is 9.96. The van der Waals surface area contributed by atoms with Crippen LogP contribution in [0, 0.1) is 12.3 Å². The third-order valence-electron chi connectivity index (χ3n) is 4.34. The number of hydrogen-bond acceptors (Lipinski definition) is 7. The Kier molecular flexibility index (Phi) is 6.65. The van der Waals surface area contributed by atoms with Gasteiger partial charge in [-0.1, -0.05) is 39.0 Å². The average Bonchev–Trinajstić information content (AvgIpc) is 3.37. The van der Waals surface area contributed by atoms with E-state index in [0.717, 1.165) is 4.88 Å². The first-order valence-electron chi connectivity index (χ1n) is 9.72. The number of nitrogens with zero attached hydrogens (tertiary/aromatic N) is 3. The molecule has 162 valence electrons. The number of ether oxygens (including phenoxy) is 1.